The van der Waals surface area contributed by atoms with E-state index in [1.54, 1.807) is 0 Å². The molecule has 0 aliphatic heterocycles. The summed E-state index contributed by atoms with van der Waals surface area (Å²) in [6.45, 7) is 3.00. The van der Waals surface area contributed by atoms with Crippen LogP contribution in [0.5, 0.6) is 5.75 Å². The van der Waals surface area contributed by atoms with Crippen molar-refractivity contribution >= 4 is 11.0 Å². The molecule has 0 saturated heterocycles. The molecular formula is C10H13N3O. The third kappa shape index (κ3) is 1.70. The summed E-state index contributed by atoms with van der Waals surface area (Å²) in [4.78, 5) is 7.45. The number of rotatable bonds is 3. The van der Waals surface area contributed by atoms with Crippen LogP contribution >= 0.6 is 0 Å². The van der Waals surface area contributed by atoms with Gasteiger partial charge in [0.1, 0.15) is 18.2 Å². The lowest BCUT2D eigenvalue weighted by Crippen LogP contribution is -2.10. The molecule has 0 fully saturated rings. The third-order valence-electron chi connectivity index (χ3n) is 1.96. The number of imidazole rings is 1. The van der Waals surface area contributed by atoms with Gasteiger partial charge in [-0.15, -0.1) is 0 Å². The molecule has 0 bridgehead atoms. The van der Waals surface area contributed by atoms with Gasteiger partial charge < -0.3 is 15.5 Å². The van der Waals surface area contributed by atoms with Crippen molar-refractivity contribution in [3.63, 3.8) is 0 Å². The first kappa shape index (κ1) is 9.02. The van der Waals surface area contributed by atoms with Crippen molar-refractivity contribution in [2.24, 2.45) is 5.73 Å². The molecule has 74 valence electrons. The fraction of sp³-hybridized carbons (Fsp3) is 0.300. The van der Waals surface area contributed by atoms with Gasteiger partial charge in [0, 0.05) is 12.6 Å². The highest BCUT2D eigenvalue weighted by atomic mass is 16.5. The quantitative estimate of drug-likeness (QED) is 0.766. The van der Waals surface area contributed by atoms with Gasteiger partial charge in [-0.1, -0.05) is 0 Å². The predicted octanol–water partition coefficient (Wildman–Crippen LogP) is 1.21. The maximum Gasteiger partial charge on any atom is 0.121 e. The van der Waals surface area contributed by atoms with Gasteiger partial charge in [-0.3, -0.25) is 0 Å². The zero-order chi connectivity index (χ0) is 9.97. The van der Waals surface area contributed by atoms with Crippen LogP contribution in [0.4, 0.5) is 0 Å². The third-order valence-corrected chi connectivity index (χ3v) is 1.96. The van der Waals surface area contributed by atoms with E-state index in [1.165, 1.54) is 0 Å². The molecule has 0 atom stereocenters. The number of aromatic amines is 1. The van der Waals surface area contributed by atoms with Crippen molar-refractivity contribution < 1.29 is 4.74 Å². The summed E-state index contributed by atoms with van der Waals surface area (Å²) >= 11 is 0. The maximum atomic E-state index is 5.40. The zero-order valence-electron chi connectivity index (χ0n) is 8.08. The molecule has 0 unspecified atom stereocenters. The van der Waals surface area contributed by atoms with Crippen molar-refractivity contribution in [3.8, 4) is 5.75 Å². The van der Waals surface area contributed by atoms with Crippen LogP contribution in [0.1, 0.15) is 5.82 Å². The Morgan fingerprint density at radius 1 is 1.50 bits per heavy atom. The second-order valence-electron chi connectivity index (χ2n) is 3.14. The van der Waals surface area contributed by atoms with Crippen LogP contribution in [0.2, 0.25) is 0 Å². The van der Waals surface area contributed by atoms with Crippen molar-refractivity contribution in [1.29, 1.82) is 0 Å². The van der Waals surface area contributed by atoms with Gasteiger partial charge in [-0.05, 0) is 19.1 Å². The Morgan fingerprint density at radius 2 is 2.36 bits per heavy atom. The summed E-state index contributed by atoms with van der Waals surface area (Å²) in [5.41, 5.74) is 7.31. The summed E-state index contributed by atoms with van der Waals surface area (Å²) in [6.07, 6.45) is 0. The Bertz CT molecular complexity index is 436. The number of hydrogen-bond donors (Lipinski definition) is 2. The van der Waals surface area contributed by atoms with E-state index in [1.807, 2.05) is 25.1 Å². The summed E-state index contributed by atoms with van der Waals surface area (Å²) in [5, 5.41) is 0. The molecule has 0 aliphatic carbocycles. The first-order chi connectivity index (χ1) is 6.79. The molecule has 4 nitrogen and oxygen atoms in total. The summed E-state index contributed by atoms with van der Waals surface area (Å²) < 4.78 is 5.40. The molecule has 2 rings (SSSR count). The van der Waals surface area contributed by atoms with Crippen molar-refractivity contribution in [2.45, 2.75) is 6.92 Å². The van der Waals surface area contributed by atoms with E-state index in [4.69, 9.17) is 10.5 Å². The van der Waals surface area contributed by atoms with Crippen LogP contribution in [0, 0.1) is 6.92 Å². The Kier molecular flexibility index (Phi) is 2.37. The molecule has 3 N–H and O–H groups in total. The Hall–Kier alpha value is -1.55. The zero-order valence-corrected chi connectivity index (χ0v) is 8.08. The van der Waals surface area contributed by atoms with Crippen LogP contribution in [-0.2, 0) is 0 Å². The molecule has 2 aromatic rings. The van der Waals surface area contributed by atoms with Crippen molar-refractivity contribution in [1.82, 2.24) is 9.97 Å². The van der Waals surface area contributed by atoms with Crippen LogP contribution in [0.25, 0.3) is 11.0 Å². The first-order valence-corrected chi connectivity index (χ1v) is 4.59. The van der Waals surface area contributed by atoms with Crippen LogP contribution < -0.4 is 10.5 Å². The Morgan fingerprint density at radius 3 is 3.14 bits per heavy atom. The fourth-order valence-corrected chi connectivity index (χ4v) is 1.38. The van der Waals surface area contributed by atoms with Gasteiger partial charge in [0.15, 0.2) is 0 Å². The maximum absolute atomic E-state index is 5.40. The number of aryl methyl sites for hydroxylation is 1. The largest absolute Gasteiger partial charge is 0.492 e. The molecule has 0 amide bonds. The molecule has 14 heavy (non-hydrogen) atoms. The number of H-pyrrole nitrogens is 1. The SMILES string of the molecule is Cc1nc2ccc(OCCN)cc2[nH]1. The highest BCUT2D eigenvalue weighted by Gasteiger charge is 2.00. The van der Waals surface area contributed by atoms with Gasteiger partial charge >= 0.3 is 0 Å². The molecule has 4 heteroatoms. The second kappa shape index (κ2) is 3.67. The monoisotopic (exact) mass is 191 g/mol. The molecule has 0 radical (unpaired) electrons. The summed E-state index contributed by atoms with van der Waals surface area (Å²) in [5.74, 6) is 1.74. The lowest BCUT2D eigenvalue weighted by Gasteiger charge is -2.02. The van der Waals surface area contributed by atoms with Gasteiger partial charge in [0.05, 0.1) is 11.0 Å². The van der Waals surface area contributed by atoms with Crippen LogP contribution in [0.15, 0.2) is 18.2 Å². The highest BCUT2D eigenvalue weighted by Crippen LogP contribution is 2.18. The van der Waals surface area contributed by atoms with E-state index in [9.17, 15) is 0 Å². The minimum absolute atomic E-state index is 0.528. The minimum atomic E-state index is 0.528. The van der Waals surface area contributed by atoms with E-state index in [2.05, 4.69) is 9.97 Å². The van der Waals surface area contributed by atoms with E-state index in [0.717, 1.165) is 22.6 Å². The number of aromatic nitrogens is 2. The van der Waals surface area contributed by atoms with E-state index in [0.29, 0.717) is 13.2 Å². The molecule has 1 aromatic carbocycles. The van der Waals surface area contributed by atoms with Gasteiger partial charge in [0.25, 0.3) is 0 Å². The smallest absolute Gasteiger partial charge is 0.121 e. The predicted molar refractivity (Wildman–Crippen MR) is 55.4 cm³/mol. The molecule has 1 heterocycles. The molecule has 0 spiro atoms. The minimum Gasteiger partial charge on any atom is -0.492 e. The van der Waals surface area contributed by atoms with Crippen molar-refractivity contribution in [3.05, 3.63) is 24.0 Å². The standard InChI is InChI=1S/C10H13N3O/c1-7-12-9-3-2-8(14-5-4-11)6-10(9)13-7/h2-3,6H,4-5,11H2,1H3,(H,12,13). The van der Waals surface area contributed by atoms with Crippen molar-refractivity contribution in [2.75, 3.05) is 13.2 Å². The second-order valence-corrected chi connectivity index (χ2v) is 3.14. The van der Waals surface area contributed by atoms with Crippen LogP contribution in [0.3, 0.4) is 0 Å². The lowest BCUT2D eigenvalue weighted by molar-refractivity contribution is 0.328. The normalized spacial score (nSPS) is 10.7. The lowest BCUT2D eigenvalue weighted by atomic mass is 10.3. The average molecular weight is 191 g/mol. The van der Waals surface area contributed by atoms with Crippen LogP contribution in [-0.4, -0.2) is 23.1 Å². The molecular weight excluding hydrogens is 178 g/mol. The summed E-state index contributed by atoms with van der Waals surface area (Å²) in [6, 6.07) is 5.77. The number of benzene rings is 1. The van der Waals surface area contributed by atoms with E-state index in [-0.39, 0.29) is 0 Å². The van der Waals surface area contributed by atoms with Gasteiger partial charge in [-0.2, -0.15) is 0 Å². The number of fused-ring (bicyclic) bond motifs is 1. The molecule has 0 aliphatic rings. The molecule has 0 saturated carbocycles. The highest BCUT2D eigenvalue weighted by molar-refractivity contribution is 5.76. The topological polar surface area (TPSA) is 63.9 Å². The number of ether oxygens (including phenoxy) is 1. The first-order valence-electron chi connectivity index (χ1n) is 4.59. The molecule has 1 aromatic heterocycles. The Labute approximate surface area is 82.1 Å². The van der Waals surface area contributed by atoms with E-state index >= 15 is 0 Å². The fourth-order valence-electron chi connectivity index (χ4n) is 1.38. The number of nitrogens with zero attached hydrogens (tertiary/aromatic N) is 1. The number of nitrogens with one attached hydrogen (secondary N) is 1. The average Bonchev–Trinajstić information content (AvgIpc) is 2.54. The van der Waals surface area contributed by atoms with E-state index < -0.39 is 0 Å². The number of nitrogens with two attached hydrogens (primary N) is 1. The van der Waals surface area contributed by atoms with Gasteiger partial charge in [0.2, 0.25) is 0 Å². The summed E-state index contributed by atoms with van der Waals surface area (Å²) in [7, 11) is 0. The Balaban J connectivity index is 2.31. The number of hydrogen-bond acceptors (Lipinski definition) is 3. The van der Waals surface area contributed by atoms with Gasteiger partial charge in [-0.25, -0.2) is 4.98 Å².